The van der Waals surface area contributed by atoms with Crippen LogP contribution in [0.1, 0.15) is 12.1 Å². The average molecular weight is 352 g/mol. The number of likely N-dealkylation sites (tertiary alicyclic amines) is 1. The summed E-state index contributed by atoms with van der Waals surface area (Å²) in [5.41, 5.74) is 2.89. The first kappa shape index (κ1) is 16.8. The van der Waals surface area contributed by atoms with E-state index in [0.29, 0.717) is 26.1 Å². The van der Waals surface area contributed by atoms with Crippen LogP contribution >= 0.6 is 0 Å². The maximum atomic E-state index is 13.2. The Morgan fingerprint density at radius 1 is 1.23 bits per heavy atom. The minimum Gasteiger partial charge on any atom is -0.298 e. The van der Waals surface area contributed by atoms with Gasteiger partial charge in [0.05, 0.1) is 19.2 Å². The van der Waals surface area contributed by atoms with Crippen LogP contribution in [0, 0.1) is 0 Å². The standard InChI is InChI=1S/C20H21FN4O/c1-24-11-17(10-23-24)14-2-3-15-9-22-19(7-16(15)6-14)8-20(26)13-25-5-4-18(21)12-25/h2-3,6-7,9-11,18H,4-5,8,12-13H2,1H3/t18-/m1/s1. The number of hydrogen-bond acceptors (Lipinski definition) is 4. The minimum atomic E-state index is -0.799. The number of carbonyl (C=O) groups excluding carboxylic acids is 1. The van der Waals surface area contributed by atoms with Crippen molar-refractivity contribution in [3.05, 3.63) is 48.5 Å². The van der Waals surface area contributed by atoms with E-state index in [4.69, 9.17) is 0 Å². The number of hydrogen-bond donors (Lipinski definition) is 0. The maximum Gasteiger partial charge on any atom is 0.152 e. The van der Waals surface area contributed by atoms with Gasteiger partial charge >= 0.3 is 0 Å². The zero-order valence-electron chi connectivity index (χ0n) is 14.7. The number of aryl methyl sites for hydroxylation is 1. The van der Waals surface area contributed by atoms with Gasteiger partial charge in [-0.2, -0.15) is 5.10 Å². The normalized spacial score (nSPS) is 17.8. The SMILES string of the molecule is Cn1cc(-c2ccc3cnc(CC(=O)CN4CC[C@@H](F)C4)cc3c2)cn1. The molecule has 0 amide bonds. The van der Waals surface area contributed by atoms with Gasteiger partial charge in [0.2, 0.25) is 0 Å². The van der Waals surface area contributed by atoms with Crippen molar-refractivity contribution in [2.24, 2.45) is 7.05 Å². The highest BCUT2D eigenvalue weighted by Gasteiger charge is 2.23. The molecule has 3 aromatic rings. The summed E-state index contributed by atoms with van der Waals surface area (Å²) in [7, 11) is 1.89. The topological polar surface area (TPSA) is 51.0 Å². The molecule has 1 atom stereocenters. The van der Waals surface area contributed by atoms with E-state index in [1.54, 1.807) is 10.9 Å². The summed E-state index contributed by atoms with van der Waals surface area (Å²) in [6.45, 7) is 1.33. The number of halogens is 1. The van der Waals surface area contributed by atoms with Crippen LogP contribution in [-0.2, 0) is 18.3 Å². The molecule has 0 aliphatic carbocycles. The molecule has 3 heterocycles. The lowest BCUT2D eigenvalue weighted by atomic mass is 10.0. The van der Waals surface area contributed by atoms with Gasteiger partial charge in [0.15, 0.2) is 5.78 Å². The first-order chi connectivity index (χ1) is 12.6. The molecule has 1 saturated heterocycles. The Morgan fingerprint density at radius 3 is 2.85 bits per heavy atom. The molecule has 0 unspecified atom stereocenters. The van der Waals surface area contributed by atoms with Gasteiger partial charge in [-0.25, -0.2) is 4.39 Å². The van der Waals surface area contributed by atoms with Gasteiger partial charge in [-0.3, -0.25) is 19.4 Å². The maximum absolute atomic E-state index is 13.2. The van der Waals surface area contributed by atoms with Crippen molar-refractivity contribution < 1.29 is 9.18 Å². The number of fused-ring (bicyclic) bond motifs is 1. The van der Waals surface area contributed by atoms with Crippen molar-refractivity contribution in [3.8, 4) is 11.1 Å². The molecule has 0 saturated carbocycles. The zero-order chi connectivity index (χ0) is 18.1. The molecule has 1 aromatic carbocycles. The van der Waals surface area contributed by atoms with Crippen molar-refractivity contribution >= 4 is 16.6 Å². The third-order valence-corrected chi connectivity index (χ3v) is 4.81. The fraction of sp³-hybridized carbons (Fsp3) is 0.350. The number of pyridine rings is 1. The van der Waals surface area contributed by atoms with Crippen molar-refractivity contribution in [2.45, 2.75) is 19.0 Å². The number of carbonyl (C=O) groups is 1. The fourth-order valence-electron chi connectivity index (χ4n) is 3.47. The highest BCUT2D eigenvalue weighted by Crippen LogP contribution is 2.24. The number of aromatic nitrogens is 3. The van der Waals surface area contributed by atoms with Crippen molar-refractivity contribution in [2.75, 3.05) is 19.6 Å². The summed E-state index contributed by atoms with van der Waals surface area (Å²) in [6.07, 6.45) is 5.62. The molecule has 0 spiro atoms. The average Bonchev–Trinajstić information content (AvgIpc) is 3.22. The first-order valence-corrected chi connectivity index (χ1v) is 8.83. The quantitative estimate of drug-likeness (QED) is 0.709. The molecule has 2 aromatic heterocycles. The van der Waals surface area contributed by atoms with E-state index in [9.17, 15) is 9.18 Å². The summed E-state index contributed by atoms with van der Waals surface area (Å²) in [4.78, 5) is 18.6. The molecule has 0 bridgehead atoms. The lowest BCUT2D eigenvalue weighted by molar-refractivity contribution is -0.119. The molecule has 6 heteroatoms. The Hall–Kier alpha value is -2.60. The number of benzene rings is 1. The van der Waals surface area contributed by atoms with Crippen LogP contribution in [0.3, 0.4) is 0 Å². The van der Waals surface area contributed by atoms with Crippen LogP contribution in [0.5, 0.6) is 0 Å². The van der Waals surface area contributed by atoms with E-state index in [1.807, 2.05) is 42.5 Å². The Kier molecular flexibility index (Phi) is 4.51. The molecule has 26 heavy (non-hydrogen) atoms. The van der Waals surface area contributed by atoms with Gasteiger partial charge in [0.1, 0.15) is 6.17 Å². The molecular formula is C20H21FN4O. The van der Waals surface area contributed by atoms with Gasteiger partial charge in [0.25, 0.3) is 0 Å². The van der Waals surface area contributed by atoms with E-state index < -0.39 is 6.17 Å². The second-order valence-electron chi connectivity index (χ2n) is 6.98. The largest absolute Gasteiger partial charge is 0.298 e. The van der Waals surface area contributed by atoms with E-state index in [-0.39, 0.29) is 12.2 Å². The third kappa shape index (κ3) is 3.65. The molecular weight excluding hydrogens is 331 g/mol. The summed E-state index contributed by atoms with van der Waals surface area (Å²) in [6, 6.07) is 8.14. The zero-order valence-corrected chi connectivity index (χ0v) is 14.7. The lowest BCUT2D eigenvalue weighted by Crippen LogP contribution is -2.29. The van der Waals surface area contributed by atoms with Crippen LogP contribution in [0.25, 0.3) is 21.9 Å². The minimum absolute atomic E-state index is 0.0781. The molecule has 134 valence electrons. The molecule has 4 rings (SSSR count). The third-order valence-electron chi connectivity index (χ3n) is 4.81. The number of rotatable bonds is 5. The Bertz CT molecular complexity index is 952. The Labute approximate surface area is 151 Å². The fourth-order valence-corrected chi connectivity index (χ4v) is 3.47. The van der Waals surface area contributed by atoms with E-state index in [2.05, 4.69) is 16.1 Å². The summed E-state index contributed by atoms with van der Waals surface area (Å²) >= 11 is 0. The van der Waals surface area contributed by atoms with Crippen LogP contribution < -0.4 is 0 Å². The summed E-state index contributed by atoms with van der Waals surface area (Å²) < 4.78 is 15.0. The Balaban J connectivity index is 1.51. The summed E-state index contributed by atoms with van der Waals surface area (Å²) in [5, 5.41) is 6.30. The van der Waals surface area contributed by atoms with E-state index >= 15 is 0 Å². The van der Waals surface area contributed by atoms with E-state index in [1.165, 1.54) is 0 Å². The first-order valence-electron chi connectivity index (χ1n) is 8.83. The predicted molar refractivity (Wildman–Crippen MR) is 98.6 cm³/mol. The van der Waals surface area contributed by atoms with Crippen molar-refractivity contribution in [3.63, 3.8) is 0 Å². The number of Topliss-reactive ketones (excluding diaryl/α,β-unsaturated/α-hetero) is 1. The monoisotopic (exact) mass is 352 g/mol. The van der Waals surface area contributed by atoms with Crippen LogP contribution in [0.4, 0.5) is 4.39 Å². The molecule has 1 aliphatic rings. The second-order valence-corrected chi connectivity index (χ2v) is 6.98. The van der Waals surface area contributed by atoms with Gasteiger partial charge < -0.3 is 0 Å². The van der Waals surface area contributed by atoms with Gasteiger partial charge in [-0.05, 0) is 29.5 Å². The van der Waals surface area contributed by atoms with Gasteiger partial charge in [0, 0.05) is 49.2 Å². The molecule has 5 nitrogen and oxygen atoms in total. The highest BCUT2D eigenvalue weighted by molar-refractivity contribution is 5.88. The van der Waals surface area contributed by atoms with Crippen molar-refractivity contribution in [1.82, 2.24) is 19.7 Å². The predicted octanol–water partition coefficient (Wildman–Crippen LogP) is 2.79. The molecule has 0 radical (unpaired) electrons. The Morgan fingerprint density at radius 2 is 2.12 bits per heavy atom. The van der Waals surface area contributed by atoms with Crippen LogP contribution in [-0.4, -0.2) is 51.3 Å². The smallest absolute Gasteiger partial charge is 0.152 e. The molecule has 1 aliphatic heterocycles. The number of ketones is 1. The number of nitrogens with zero attached hydrogens (tertiary/aromatic N) is 4. The van der Waals surface area contributed by atoms with Crippen molar-refractivity contribution in [1.29, 1.82) is 0 Å². The highest BCUT2D eigenvalue weighted by atomic mass is 19.1. The lowest BCUT2D eigenvalue weighted by Gasteiger charge is -2.13. The molecule has 0 N–H and O–H groups in total. The number of alkyl halides is 1. The van der Waals surface area contributed by atoms with Gasteiger partial charge in [-0.15, -0.1) is 0 Å². The molecule has 1 fully saturated rings. The van der Waals surface area contributed by atoms with Crippen LogP contribution in [0.2, 0.25) is 0 Å². The van der Waals surface area contributed by atoms with Gasteiger partial charge in [-0.1, -0.05) is 12.1 Å². The van der Waals surface area contributed by atoms with Crippen LogP contribution in [0.15, 0.2) is 42.9 Å². The summed E-state index contributed by atoms with van der Waals surface area (Å²) in [5.74, 6) is 0.0781. The van der Waals surface area contributed by atoms with E-state index in [0.717, 1.165) is 27.6 Å². The second kappa shape index (κ2) is 6.96.